The summed E-state index contributed by atoms with van der Waals surface area (Å²) in [4.78, 5) is 9.69. The molecule has 0 radical (unpaired) electrons. The van der Waals surface area contributed by atoms with E-state index >= 15 is 0 Å². The third-order valence-electron chi connectivity index (χ3n) is 4.85. The Kier molecular flexibility index (Phi) is 4.32. The molecule has 3 N–H and O–H groups in total. The predicted octanol–water partition coefficient (Wildman–Crippen LogP) is 4.33. The fourth-order valence-corrected chi connectivity index (χ4v) is 3.33. The number of aryl methyl sites for hydroxylation is 1. The van der Waals surface area contributed by atoms with Crippen LogP contribution in [0.3, 0.4) is 0 Å². The quantitative estimate of drug-likeness (QED) is 0.556. The highest BCUT2D eigenvalue weighted by atomic mass is 15.1. The van der Waals surface area contributed by atoms with Crippen molar-refractivity contribution in [1.82, 2.24) is 14.5 Å². The number of para-hydroxylation sites is 2. The Labute approximate surface area is 159 Å². The maximum Gasteiger partial charge on any atom is 0.178 e. The second-order valence-corrected chi connectivity index (χ2v) is 7.73. The fourth-order valence-electron chi connectivity index (χ4n) is 3.33. The molecule has 138 valence electrons. The lowest BCUT2D eigenvalue weighted by atomic mass is 10.0. The summed E-state index contributed by atoms with van der Waals surface area (Å²) in [5.74, 6) is 1.58. The lowest BCUT2D eigenvalue weighted by Crippen LogP contribution is -2.34. The van der Waals surface area contributed by atoms with Gasteiger partial charge in [0, 0.05) is 35.4 Å². The molecule has 0 fully saturated rings. The van der Waals surface area contributed by atoms with Gasteiger partial charge in [-0.2, -0.15) is 0 Å². The molecule has 0 spiro atoms. The second kappa shape index (κ2) is 6.67. The van der Waals surface area contributed by atoms with E-state index in [-0.39, 0.29) is 5.54 Å². The zero-order chi connectivity index (χ0) is 19.0. The lowest BCUT2D eigenvalue weighted by molar-refractivity contribution is 0.490. The third-order valence-corrected chi connectivity index (χ3v) is 4.85. The predicted molar refractivity (Wildman–Crippen MR) is 113 cm³/mol. The van der Waals surface area contributed by atoms with Crippen molar-refractivity contribution in [1.29, 1.82) is 0 Å². The molecule has 2 aromatic heterocycles. The first-order chi connectivity index (χ1) is 12.9. The Hall–Kier alpha value is -2.92. The first kappa shape index (κ1) is 17.5. The number of anilines is 1. The molecule has 0 aliphatic rings. The standard InChI is InChI=1S/C22H25N5/c1-22(2,23)12-13-24-20-16-9-5-6-10-17(16)25-21(26-20)19-14-15-8-4-7-11-18(15)27(19)3/h4-11,14H,12-13,23H2,1-3H3,(H,24,25,26). The normalized spacial score (nSPS) is 12.0. The maximum absolute atomic E-state index is 6.12. The van der Waals surface area contributed by atoms with Crippen molar-refractivity contribution in [2.24, 2.45) is 12.8 Å². The highest BCUT2D eigenvalue weighted by molar-refractivity contribution is 5.92. The van der Waals surface area contributed by atoms with Crippen molar-refractivity contribution >= 4 is 27.6 Å². The number of aromatic nitrogens is 3. The molecule has 27 heavy (non-hydrogen) atoms. The van der Waals surface area contributed by atoms with Crippen molar-refractivity contribution in [3.05, 3.63) is 54.6 Å². The van der Waals surface area contributed by atoms with Gasteiger partial charge in [0.1, 0.15) is 5.82 Å². The van der Waals surface area contributed by atoms with E-state index in [4.69, 9.17) is 15.7 Å². The molecular weight excluding hydrogens is 334 g/mol. The smallest absolute Gasteiger partial charge is 0.178 e. The molecule has 0 unspecified atom stereocenters. The van der Waals surface area contributed by atoms with Gasteiger partial charge in [-0.05, 0) is 44.5 Å². The highest BCUT2D eigenvalue weighted by Gasteiger charge is 2.15. The summed E-state index contributed by atoms with van der Waals surface area (Å²) in [5, 5.41) is 5.68. The van der Waals surface area contributed by atoms with Crippen LogP contribution < -0.4 is 11.1 Å². The summed E-state index contributed by atoms with van der Waals surface area (Å²) in [5.41, 5.74) is 9.01. The molecule has 0 aliphatic heterocycles. The van der Waals surface area contributed by atoms with Gasteiger partial charge in [0.25, 0.3) is 0 Å². The molecule has 4 aromatic rings. The Morgan fingerprint density at radius 1 is 1.04 bits per heavy atom. The van der Waals surface area contributed by atoms with E-state index < -0.39 is 0 Å². The molecule has 0 bridgehead atoms. The van der Waals surface area contributed by atoms with E-state index in [1.165, 1.54) is 10.9 Å². The minimum absolute atomic E-state index is 0.214. The maximum atomic E-state index is 6.12. The van der Waals surface area contributed by atoms with Crippen LogP contribution in [0.25, 0.3) is 33.3 Å². The monoisotopic (exact) mass is 359 g/mol. The molecule has 5 nitrogen and oxygen atoms in total. The van der Waals surface area contributed by atoms with Crippen molar-refractivity contribution < 1.29 is 0 Å². The van der Waals surface area contributed by atoms with Gasteiger partial charge < -0.3 is 15.6 Å². The van der Waals surface area contributed by atoms with E-state index in [1.54, 1.807) is 0 Å². The van der Waals surface area contributed by atoms with Gasteiger partial charge >= 0.3 is 0 Å². The average Bonchev–Trinajstić information content (AvgIpc) is 2.98. The molecule has 5 heteroatoms. The SMILES string of the molecule is Cn1c(-c2nc(NCCC(C)(C)N)c3ccccc3n2)cc2ccccc21. The number of fused-ring (bicyclic) bond motifs is 2. The van der Waals surface area contributed by atoms with Crippen molar-refractivity contribution in [3.63, 3.8) is 0 Å². The van der Waals surface area contributed by atoms with Crippen LogP contribution >= 0.6 is 0 Å². The number of nitrogens with zero attached hydrogens (tertiary/aromatic N) is 3. The Bertz CT molecular complexity index is 1100. The van der Waals surface area contributed by atoms with Crippen LogP contribution in [0.4, 0.5) is 5.82 Å². The fraction of sp³-hybridized carbons (Fsp3) is 0.273. The zero-order valence-electron chi connectivity index (χ0n) is 16.0. The van der Waals surface area contributed by atoms with Crippen LogP contribution in [0, 0.1) is 0 Å². The molecule has 0 amide bonds. The second-order valence-electron chi connectivity index (χ2n) is 7.73. The van der Waals surface area contributed by atoms with E-state index in [0.29, 0.717) is 0 Å². The Morgan fingerprint density at radius 3 is 2.56 bits per heavy atom. The summed E-state index contributed by atoms with van der Waals surface area (Å²) in [7, 11) is 2.06. The van der Waals surface area contributed by atoms with Crippen LogP contribution in [-0.4, -0.2) is 26.6 Å². The Balaban J connectivity index is 1.80. The molecular formula is C22H25N5. The van der Waals surface area contributed by atoms with Gasteiger partial charge in [-0.15, -0.1) is 0 Å². The summed E-state index contributed by atoms with van der Waals surface area (Å²) < 4.78 is 2.15. The number of nitrogens with one attached hydrogen (secondary N) is 1. The number of benzene rings is 2. The van der Waals surface area contributed by atoms with Crippen LogP contribution in [0.1, 0.15) is 20.3 Å². The van der Waals surface area contributed by atoms with E-state index in [9.17, 15) is 0 Å². The van der Waals surface area contributed by atoms with Gasteiger partial charge in [0.15, 0.2) is 5.82 Å². The summed E-state index contributed by atoms with van der Waals surface area (Å²) >= 11 is 0. The zero-order valence-corrected chi connectivity index (χ0v) is 16.0. The minimum Gasteiger partial charge on any atom is -0.369 e. The molecule has 4 rings (SSSR count). The van der Waals surface area contributed by atoms with Crippen LogP contribution in [0.15, 0.2) is 54.6 Å². The van der Waals surface area contributed by atoms with Crippen molar-refractivity contribution in [2.45, 2.75) is 25.8 Å². The molecule has 0 atom stereocenters. The largest absolute Gasteiger partial charge is 0.369 e. The van der Waals surface area contributed by atoms with Gasteiger partial charge in [0.05, 0.1) is 11.2 Å². The number of hydrogen-bond donors (Lipinski definition) is 2. The van der Waals surface area contributed by atoms with Crippen molar-refractivity contribution in [2.75, 3.05) is 11.9 Å². The van der Waals surface area contributed by atoms with Gasteiger partial charge in [-0.25, -0.2) is 9.97 Å². The van der Waals surface area contributed by atoms with E-state index in [2.05, 4.69) is 53.3 Å². The molecule has 2 aromatic carbocycles. The molecule has 2 heterocycles. The third kappa shape index (κ3) is 3.51. The summed E-state index contributed by atoms with van der Waals surface area (Å²) in [6, 6.07) is 18.6. The molecule has 0 saturated heterocycles. The first-order valence-corrected chi connectivity index (χ1v) is 9.27. The number of nitrogens with two attached hydrogens (primary N) is 1. The van der Waals surface area contributed by atoms with E-state index in [0.717, 1.165) is 41.2 Å². The van der Waals surface area contributed by atoms with Gasteiger partial charge in [-0.1, -0.05) is 30.3 Å². The number of rotatable bonds is 5. The average molecular weight is 359 g/mol. The highest BCUT2D eigenvalue weighted by Crippen LogP contribution is 2.28. The van der Waals surface area contributed by atoms with Crippen LogP contribution in [-0.2, 0) is 7.05 Å². The first-order valence-electron chi connectivity index (χ1n) is 9.27. The van der Waals surface area contributed by atoms with Crippen LogP contribution in [0.2, 0.25) is 0 Å². The molecule has 0 saturated carbocycles. The molecule has 0 aliphatic carbocycles. The summed E-state index contributed by atoms with van der Waals surface area (Å²) in [6.07, 6.45) is 0.856. The van der Waals surface area contributed by atoms with Gasteiger partial charge in [0.2, 0.25) is 0 Å². The lowest BCUT2D eigenvalue weighted by Gasteiger charge is -2.19. The van der Waals surface area contributed by atoms with Crippen molar-refractivity contribution in [3.8, 4) is 11.5 Å². The Morgan fingerprint density at radius 2 is 1.78 bits per heavy atom. The van der Waals surface area contributed by atoms with Gasteiger partial charge in [-0.3, -0.25) is 0 Å². The summed E-state index contributed by atoms with van der Waals surface area (Å²) in [6.45, 7) is 4.83. The topological polar surface area (TPSA) is 68.8 Å². The van der Waals surface area contributed by atoms with Crippen LogP contribution in [0.5, 0.6) is 0 Å². The minimum atomic E-state index is -0.214. The van der Waals surface area contributed by atoms with E-state index in [1.807, 2.05) is 32.0 Å². The number of hydrogen-bond acceptors (Lipinski definition) is 4.